The summed E-state index contributed by atoms with van der Waals surface area (Å²) < 4.78 is 5.26. The van der Waals surface area contributed by atoms with Gasteiger partial charge in [-0.05, 0) is 25.5 Å². The summed E-state index contributed by atoms with van der Waals surface area (Å²) in [5.41, 5.74) is 1.06. The van der Waals surface area contributed by atoms with Crippen molar-refractivity contribution in [3.8, 4) is 0 Å². The number of hydrogen-bond acceptors (Lipinski definition) is 4. The topological polar surface area (TPSA) is 62.7 Å². The summed E-state index contributed by atoms with van der Waals surface area (Å²) in [6.07, 6.45) is 1.38. The number of anilines is 1. The zero-order valence-corrected chi connectivity index (χ0v) is 10.4. The molecular weight excluding hydrogens is 220 g/mol. The fourth-order valence-corrected chi connectivity index (χ4v) is 1.54. The zero-order chi connectivity index (χ0) is 12.8. The molecule has 1 aromatic rings. The Hall–Kier alpha value is -1.62. The quantitative estimate of drug-likeness (QED) is 0.762. The van der Waals surface area contributed by atoms with E-state index in [2.05, 4.69) is 4.98 Å². The predicted molar refractivity (Wildman–Crippen MR) is 65.7 cm³/mol. The van der Waals surface area contributed by atoms with Crippen LogP contribution in [0.3, 0.4) is 0 Å². The molecule has 5 nitrogen and oxygen atoms in total. The molecular formula is C12H18N2O3. The van der Waals surface area contributed by atoms with Gasteiger partial charge in [-0.15, -0.1) is 0 Å². The lowest BCUT2D eigenvalue weighted by Gasteiger charge is -2.20. The molecule has 0 aliphatic heterocycles. The normalized spacial score (nSPS) is 10.3. The van der Waals surface area contributed by atoms with Crippen LogP contribution in [0.4, 0.5) is 5.82 Å². The van der Waals surface area contributed by atoms with Gasteiger partial charge in [0.1, 0.15) is 5.82 Å². The Bertz CT molecular complexity index is 393. The molecule has 94 valence electrons. The van der Waals surface area contributed by atoms with E-state index in [0.29, 0.717) is 13.2 Å². The number of aromatic carboxylic acids is 1. The number of carboxylic acids is 1. The molecule has 0 spiro atoms. The predicted octanol–water partition coefficient (Wildman–Crippen LogP) is 1.56. The van der Waals surface area contributed by atoms with Gasteiger partial charge in [0.05, 0.1) is 12.2 Å². The molecule has 1 N–H and O–H groups in total. The van der Waals surface area contributed by atoms with Crippen molar-refractivity contribution in [2.24, 2.45) is 0 Å². The number of nitrogens with zero attached hydrogens (tertiary/aromatic N) is 2. The molecule has 1 rings (SSSR count). The van der Waals surface area contributed by atoms with Crippen LogP contribution >= 0.6 is 0 Å². The molecule has 0 saturated heterocycles. The average molecular weight is 238 g/mol. The molecule has 0 bridgehead atoms. The summed E-state index contributed by atoms with van der Waals surface area (Å²) in [6.45, 7) is 5.86. The van der Waals surface area contributed by atoms with E-state index in [1.807, 2.05) is 25.8 Å². The number of hydrogen-bond donors (Lipinski definition) is 1. The maximum atomic E-state index is 10.8. The minimum absolute atomic E-state index is 0.212. The van der Waals surface area contributed by atoms with Gasteiger partial charge in [0, 0.05) is 26.4 Å². The van der Waals surface area contributed by atoms with Crippen molar-refractivity contribution < 1.29 is 14.6 Å². The number of pyridine rings is 1. The number of aromatic nitrogens is 1. The Morgan fingerprint density at radius 1 is 1.59 bits per heavy atom. The highest BCUT2D eigenvalue weighted by molar-refractivity contribution is 5.87. The third kappa shape index (κ3) is 3.71. The molecule has 17 heavy (non-hydrogen) atoms. The Morgan fingerprint density at radius 3 is 2.82 bits per heavy atom. The molecule has 0 aromatic carbocycles. The molecule has 5 heteroatoms. The lowest BCUT2D eigenvalue weighted by molar-refractivity contribution is 0.0696. The second kappa shape index (κ2) is 6.20. The van der Waals surface area contributed by atoms with Gasteiger partial charge in [0.2, 0.25) is 0 Å². The van der Waals surface area contributed by atoms with Gasteiger partial charge in [-0.2, -0.15) is 0 Å². The number of aryl methyl sites for hydroxylation is 1. The smallest absolute Gasteiger partial charge is 0.337 e. The SMILES string of the molecule is CCOCCN(C)c1ncc(C(=O)O)cc1C. The second-order valence-corrected chi connectivity index (χ2v) is 3.79. The highest BCUT2D eigenvalue weighted by Crippen LogP contribution is 2.16. The first-order valence-electron chi connectivity index (χ1n) is 5.55. The molecule has 0 unspecified atom stereocenters. The van der Waals surface area contributed by atoms with Crippen LogP contribution in [0.25, 0.3) is 0 Å². The summed E-state index contributed by atoms with van der Waals surface area (Å²) in [7, 11) is 1.91. The summed E-state index contributed by atoms with van der Waals surface area (Å²) >= 11 is 0. The van der Waals surface area contributed by atoms with Crippen LogP contribution in [0.15, 0.2) is 12.3 Å². The van der Waals surface area contributed by atoms with Crippen molar-refractivity contribution in [1.82, 2.24) is 4.98 Å². The summed E-state index contributed by atoms with van der Waals surface area (Å²) in [5, 5.41) is 8.84. The van der Waals surface area contributed by atoms with Crippen molar-refractivity contribution in [2.75, 3.05) is 31.7 Å². The number of ether oxygens (including phenoxy) is 1. The van der Waals surface area contributed by atoms with Crippen LogP contribution in [0, 0.1) is 6.92 Å². The lowest BCUT2D eigenvalue weighted by Crippen LogP contribution is -2.24. The first-order valence-corrected chi connectivity index (χ1v) is 5.55. The lowest BCUT2D eigenvalue weighted by atomic mass is 10.2. The van der Waals surface area contributed by atoms with Crippen LogP contribution in [0.2, 0.25) is 0 Å². The number of carboxylic acid groups (broad SMARTS) is 1. The molecule has 1 heterocycles. The van der Waals surface area contributed by atoms with E-state index in [1.165, 1.54) is 6.20 Å². The van der Waals surface area contributed by atoms with Gasteiger partial charge in [-0.3, -0.25) is 0 Å². The maximum absolute atomic E-state index is 10.8. The molecule has 0 radical (unpaired) electrons. The first kappa shape index (κ1) is 13.4. The van der Waals surface area contributed by atoms with E-state index in [9.17, 15) is 4.79 Å². The van der Waals surface area contributed by atoms with E-state index in [-0.39, 0.29) is 5.56 Å². The van der Waals surface area contributed by atoms with Gasteiger partial charge < -0.3 is 14.7 Å². The van der Waals surface area contributed by atoms with Crippen molar-refractivity contribution in [1.29, 1.82) is 0 Å². The molecule has 0 fully saturated rings. The molecule has 0 aliphatic rings. The average Bonchev–Trinajstić information content (AvgIpc) is 2.28. The van der Waals surface area contributed by atoms with Crippen LogP contribution in [-0.4, -0.2) is 42.9 Å². The molecule has 0 aliphatic carbocycles. The third-order valence-corrected chi connectivity index (χ3v) is 2.43. The van der Waals surface area contributed by atoms with Crippen molar-refractivity contribution in [3.63, 3.8) is 0 Å². The fourth-order valence-electron chi connectivity index (χ4n) is 1.54. The van der Waals surface area contributed by atoms with E-state index in [0.717, 1.165) is 17.9 Å². The standard InChI is InChI=1S/C12H18N2O3/c1-4-17-6-5-14(3)11-9(2)7-10(8-13-11)12(15)16/h7-8H,4-6H2,1-3H3,(H,15,16). The summed E-state index contributed by atoms with van der Waals surface area (Å²) in [6, 6.07) is 1.63. The monoisotopic (exact) mass is 238 g/mol. The third-order valence-electron chi connectivity index (χ3n) is 2.43. The largest absolute Gasteiger partial charge is 0.478 e. The zero-order valence-electron chi connectivity index (χ0n) is 10.4. The number of carbonyl (C=O) groups is 1. The molecule has 0 saturated carbocycles. The van der Waals surface area contributed by atoms with Gasteiger partial charge in [0.15, 0.2) is 0 Å². The minimum Gasteiger partial charge on any atom is -0.478 e. The van der Waals surface area contributed by atoms with Gasteiger partial charge in [-0.1, -0.05) is 0 Å². The minimum atomic E-state index is -0.955. The van der Waals surface area contributed by atoms with Crippen LogP contribution in [-0.2, 0) is 4.74 Å². The number of rotatable bonds is 6. The maximum Gasteiger partial charge on any atom is 0.337 e. The van der Waals surface area contributed by atoms with E-state index < -0.39 is 5.97 Å². The molecule has 0 atom stereocenters. The summed E-state index contributed by atoms with van der Waals surface area (Å²) in [5.74, 6) is -0.168. The van der Waals surface area contributed by atoms with Crippen LogP contribution in [0.1, 0.15) is 22.8 Å². The Kier molecular flexibility index (Phi) is 4.90. The highest BCUT2D eigenvalue weighted by atomic mass is 16.5. The van der Waals surface area contributed by atoms with Crippen molar-refractivity contribution in [2.45, 2.75) is 13.8 Å². The molecule has 1 aromatic heterocycles. The highest BCUT2D eigenvalue weighted by Gasteiger charge is 2.10. The van der Waals surface area contributed by atoms with Gasteiger partial charge >= 0.3 is 5.97 Å². The number of likely N-dealkylation sites (N-methyl/N-ethyl adjacent to an activating group) is 1. The molecule has 0 amide bonds. The Labute approximate surface area is 101 Å². The van der Waals surface area contributed by atoms with Gasteiger partial charge in [-0.25, -0.2) is 9.78 Å². The van der Waals surface area contributed by atoms with E-state index in [1.54, 1.807) is 6.07 Å². The van der Waals surface area contributed by atoms with Crippen molar-refractivity contribution >= 4 is 11.8 Å². The van der Waals surface area contributed by atoms with Gasteiger partial charge in [0.25, 0.3) is 0 Å². The van der Waals surface area contributed by atoms with Crippen LogP contribution in [0.5, 0.6) is 0 Å². The first-order chi connectivity index (χ1) is 8.06. The second-order valence-electron chi connectivity index (χ2n) is 3.79. The fraction of sp³-hybridized carbons (Fsp3) is 0.500. The van der Waals surface area contributed by atoms with Crippen LogP contribution < -0.4 is 4.90 Å². The Balaban J connectivity index is 2.74. The van der Waals surface area contributed by atoms with Crippen molar-refractivity contribution in [3.05, 3.63) is 23.4 Å². The van der Waals surface area contributed by atoms with E-state index in [4.69, 9.17) is 9.84 Å². The Morgan fingerprint density at radius 2 is 2.29 bits per heavy atom. The summed E-state index contributed by atoms with van der Waals surface area (Å²) in [4.78, 5) is 16.9. The van der Waals surface area contributed by atoms with E-state index >= 15 is 0 Å².